The first-order valence-electron chi connectivity index (χ1n) is 7.98. The van der Waals surface area contributed by atoms with E-state index in [2.05, 4.69) is 24.0 Å². The predicted molar refractivity (Wildman–Crippen MR) is 85.6 cm³/mol. The summed E-state index contributed by atoms with van der Waals surface area (Å²) in [5.41, 5.74) is 7.29. The zero-order chi connectivity index (χ0) is 15.1. The van der Waals surface area contributed by atoms with E-state index in [4.69, 9.17) is 15.2 Å². The number of piperidine rings is 1. The topological polar surface area (TPSA) is 47.7 Å². The summed E-state index contributed by atoms with van der Waals surface area (Å²) in [6.45, 7) is 5.57. The van der Waals surface area contributed by atoms with Gasteiger partial charge in [0.1, 0.15) is 5.75 Å². The number of likely N-dealkylation sites (tertiary alicyclic amines) is 1. The number of hydrogen-bond donors (Lipinski definition) is 1. The monoisotopic (exact) mass is 292 g/mol. The Bertz CT molecular complexity index is 408. The molecular formula is C17H28N2O2. The fourth-order valence-electron chi connectivity index (χ4n) is 2.94. The van der Waals surface area contributed by atoms with E-state index in [1.165, 1.54) is 12.0 Å². The van der Waals surface area contributed by atoms with E-state index in [9.17, 15) is 0 Å². The van der Waals surface area contributed by atoms with Crippen molar-refractivity contribution in [2.45, 2.75) is 38.3 Å². The lowest BCUT2D eigenvalue weighted by Gasteiger charge is -2.37. The SMILES string of the molecule is CCCOc1ccc(C(CN)N2CCCC(OC)C2)cc1. The van der Waals surface area contributed by atoms with Gasteiger partial charge >= 0.3 is 0 Å². The summed E-state index contributed by atoms with van der Waals surface area (Å²) in [7, 11) is 1.80. The van der Waals surface area contributed by atoms with Crippen LogP contribution in [-0.4, -0.2) is 44.4 Å². The molecular weight excluding hydrogens is 264 g/mol. The van der Waals surface area contributed by atoms with Crippen molar-refractivity contribution in [1.82, 2.24) is 4.90 Å². The maximum absolute atomic E-state index is 6.03. The second-order valence-electron chi connectivity index (χ2n) is 5.66. The minimum atomic E-state index is 0.267. The van der Waals surface area contributed by atoms with Crippen LogP contribution in [0.25, 0.3) is 0 Å². The van der Waals surface area contributed by atoms with E-state index in [0.29, 0.717) is 12.6 Å². The summed E-state index contributed by atoms with van der Waals surface area (Å²) in [6, 6.07) is 8.64. The predicted octanol–water partition coefficient (Wildman–Crippen LogP) is 2.59. The van der Waals surface area contributed by atoms with Gasteiger partial charge in [-0.2, -0.15) is 0 Å². The molecule has 4 nitrogen and oxygen atoms in total. The molecule has 0 spiro atoms. The average molecular weight is 292 g/mol. The maximum atomic E-state index is 6.03. The van der Waals surface area contributed by atoms with Crippen LogP contribution >= 0.6 is 0 Å². The molecule has 0 amide bonds. The van der Waals surface area contributed by atoms with Gasteiger partial charge in [0.05, 0.1) is 12.7 Å². The van der Waals surface area contributed by atoms with Crippen molar-refractivity contribution in [3.63, 3.8) is 0 Å². The van der Waals surface area contributed by atoms with Crippen LogP contribution in [0.3, 0.4) is 0 Å². The first-order chi connectivity index (χ1) is 10.3. The zero-order valence-corrected chi connectivity index (χ0v) is 13.3. The molecule has 1 aliphatic heterocycles. The number of nitrogens with zero attached hydrogens (tertiary/aromatic N) is 1. The first kappa shape index (κ1) is 16.3. The third kappa shape index (κ3) is 4.43. The van der Waals surface area contributed by atoms with Crippen LogP contribution in [0.4, 0.5) is 0 Å². The molecule has 4 heteroatoms. The lowest BCUT2D eigenvalue weighted by Crippen LogP contribution is -2.43. The van der Waals surface area contributed by atoms with Crippen molar-refractivity contribution in [3.05, 3.63) is 29.8 Å². The van der Waals surface area contributed by atoms with E-state index in [1.807, 2.05) is 12.1 Å². The highest BCUT2D eigenvalue weighted by molar-refractivity contribution is 5.29. The first-order valence-corrected chi connectivity index (χ1v) is 7.98. The molecule has 0 saturated carbocycles. The Kier molecular flexibility index (Phi) is 6.49. The van der Waals surface area contributed by atoms with Crippen LogP contribution in [0.15, 0.2) is 24.3 Å². The molecule has 1 aromatic rings. The summed E-state index contributed by atoms with van der Waals surface area (Å²) in [5, 5.41) is 0. The Balaban J connectivity index is 2.02. The summed E-state index contributed by atoms with van der Waals surface area (Å²) >= 11 is 0. The van der Waals surface area contributed by atoms with Gasteiger partial charge in [0.2, 0.25) is 0 Å². The Labute approximate surface area is 128 Å². The Morgan fingerprint density at radius 3 is 2.71 bits per heavy atom. The van der Waals surface area contributed by atoms with Crippen molar-refractivity contribution in [3.8, 4) is 5.75 Å². The highest BCUT2D eigenvalue weighted by Gasteiger charge is 2.25. The summed E-state index contributed by atoms with van der Waals surface area (Å²) < 4.78 is 11.2. The third-order valence-electron chi connectivity index (χ3n) is 4.14. The Morgan fingerprint density at radius 1 is 1.33 bits per heavy atom. The van der Waals surface area contributed by atoms with Crippen molar-refractivity contribution in [2.24, 2.45) is 5.73 Å². The quantitative estimate of drug-likeness (QED) is 0.839. The summed E-state index contributed by atoms with van der Waals surface area (Å²) in [6.07, 6.45) is 3.68. The molecule has 2 atom stereocenters. The van der Waals surface area contributed by atoms with Crippen LogP contribution in [0.1, 0.15) is 37.8 Å². The van der Waals surface area contributed by atoms with Crippen LogP contribution in [0, 0.1) is 0 Å². The zero-order valence-electron chi connectivity index (χ0n) is 13.3. The second-order valence-corrected chi connectivity index (χ2v) is 5.66. The van der Waals surface area contributed by atoms with Crippen LogP contribution in [0.2, 0.25) is 0 Å². The summed E-state index contributed by atoms with van der Waals surface area (Å²) in [4.78, 5) is 2.44. The van der Waals surface area contributed by atoms with Gasteiger partial charge in [-0.1, -0.05) is 19.1 Å². The van der Waals surface area contributed by atoms with Gasteiger partial charge in [-0.25, -0.2) is 0 Å². The van der Waals surface area contributed by atoms with Gasteiger partial charge in [-0.3, -0.25) is 4.90 Å². The molecule has 2 N–H and O–H groups in total. The molecule has 0 aromatic heterocycles. The highest BCUT2D eigenvalue weighted by atomic mass is 16.5. The van der Waals surface area contributed by atoms with Crippen LogP contribution in [0.5, 0.6) is 5.75 Å². The molecule has 1 heterocycles. The number of benzene rings is 1. The van der Waals surface area contributed by atoms with Gasteiger partial charge in [-0.05, 0) is 43.5 Å². The minimum Gasteiger partial charge on any atom is -0.494 e. The fraction of sp³-hybridized carbons (Fsp3) is 0.647. The molecule has 2 rings (SSSR count). The van der Waals surface area contributed by atoms with E-state index in [0.717, 1.165) is 38.3 Å². The van der Waals surface area contributed by atoms with Crippen molar-refractivity contribution in [2.75, 3.05) is 33.4 Å². The summed E-state index contributed by atoms with van der Waals surface area (Å²) in [5.74, 6) is 0.935. The van der Waals surface area contributed by atoms with E-state index in [-0.39, 0.29) is 6.04 Å². The Morgan fingerprint density at radius 2 is 2.10 bits per heavy atom. The molecule has 1 saturated heterocycles. The average Bonchev–Trinajstić information content (AvgIpc) is 2.55. The lowest BCUT2D eigenvalue weighted by atomic mass is 10.0. The number of nitrogens with two attached hydrogens (primary N) is 1. The van der Waals surface area contributed by atoms with Gasteiger partial charge < -0.3 is 15.2 Å². The van der Waals surface area contributed by atoms with Crippen LogP contribution < -0.4 is 10.5 Å². The number of hydrogen-bond acceptors (Lipinski definition) is 4. The van der Waals surface area contributed by atoms with Crippen LogP contribution in [-0.2, 0) is 4.74 Å². The molecule has 2 unspecified atom stereocenters. The highest BCUT2D eigenvalue weighted by Crippen LogP contribution is 2.26. The van der Waals surface area contributed by atoms with Crippen molar-refractivity contribution in [1.29, 1.82) is 0 Å². The maximum Gasteiger partial charge on any atom is 0.119 e. The van der Waals surface area contributed by atoms with Gasteiger partial charge in [0, 0.05) is 26.2 Å². The molecule has 1 aliphatic rings. The lowest BCUT2D eigenvalue weighted by molar-refractivity contribution is 0.0155. The van der Waals surface area contributed by atoms with Crippen molar-refractivity contribution < 1.29 is 9.47 Å². The van der Waals surface area contributed by atoms with Gasteiger partial charge in [0.25, 0.3) is 0 Å². The largest absolute Gasteiger partial charge is 0.494 e. The molecule has 0 radical (unpaired) electrons. The van der Waals surface area contributed by atoms with E-state index < -0.39 is 0 Å². The van der Waals surface area contributed by atoms with Gasteiger partial charge in [-0.15, -0.1) is 0 Å². The van der Waals surface area contributed by atoms with Crippen molar-refractivity contribution >= 4 is 0 Å². The molecule has 1 aromatic carbocycles. The second kappa shape index (κ2) is 8.37. The Hall–Kier alpha value is -1.10. The number of rotatable bonds is 7. The molecule has 21 heavy (non-hydrogen) atoms. The smallest absolute Gasteiger partial charge is 0.119 e. The van der Waals surface area contributed by atoms with E-state index in [1.54, 1.807) is 7.11 Å². The standard InChI is InChI=1S/C17H28N2O2/c1-3-11-21-15-8-6-14(7-9-15)17(12-18)19-10-4-5-16(13-19)20-2/h6-9,16-17H,3-5,10-13,18H2,1-2H3. The molecule has 0 aliphatic carbocycles. The fourth-order valence-corrected chi connectivity index (χ4v) is 2.94. The normalized spacial score (nSPS) is 21.2. The van der Waals surface area contributed by atoms with E-state index >= 15 is 0 Å². The minimum absolute atomic E-state index is 0.267. The van der Waals surface area contributed by atoms with Gasteiger partial charge in [0.15, 0.2) is 0 Å². The number of ether oxygens (including phenoxy) is 2. The number of methoxy groups -OCH3 is 1. The third-order valence-corrected chi connectivity index (χ3v) is 4.14. The molecule has 118 valence electrons. The molecule has 1 fully saturated rings. The molecule has 0 bridgehead atoms.